The van der Waals surface area contributed by atoms with Gasteiger partial charge in [0, 0.05) is 0 Å². The summed E-state index contributed by atoms with van der Waals surface area (Å²) in [4.78, 5) is 0. The molecule has 30 heavy (non-hydrogen) atoms. The SMILES string of the molecule is CCCCCCCCCCC(CCCCCCCCCC)CCc1ccc(O)cc1. The molecule has 0 aliphatic heterocycles. The van der Waals surface area contributed by atoms with Gasteiger partial charge in [-0.05, 0) is 36.5 Å². The highest BCUT2D eigenvalue weighted by atomic mass is 16.3. The van der Waals surface area contributed by atoms with E-state index in [1.54, 1.807) is 0 Å². The summed E-state index contributed by atoms with van der Waals surface area (Å²) in [6.07, 6.45) is 28.1. The van der Waals surface area contributed by atoms with Gasteiger partial charge in [0.1, 0.15) is 5.75 Å². The highest BCUT2D eigenvalue weighted by Crippen LogP contribution is 2.24. The van der Waals surface area contributed by atoms with Gasteiger partial charge in [-0.1, -0.05) is 142 Å². The molecule has 1 aromatic carbocycles. The molecule has 1 N–H and O–H groups in total. The molecule has 1 heteroatoms. The van der Waals surface area contributed by atoms with Crippen molar-refractivity contribution in [3.05, 3.63) is 29.8 Å². The topological polar surface area (TPSA) is 20.2 Å². The normalized spacial score (nSPS) is 11.4. The Bertz CT molecular complexity index is 444. The third-order valence-corrected chi connectivity index (χ3v) is 6.71. The Morgan fingerprint density at radius 3 is 1.37 bits per heavy atom. The molecular weight excluding hydrogens is 364 g/mol. The molecule has 0 atom stereocenters. The van der Waals surface area contributed by atoms with Gasteiger partial charge in [-0.2, -0.15) is 0 Å². The highest BCUT2D eigenvalue weighted by molar-refractivity contribution is 5.25. The van der Waals surface area contributed by atoms with Crippen molar-refractivity contribution in [2.75, 3.05) is 0 Å². The number of unbranched alkanes of at least 4 members (excludes halogenated alkanes) is 14. The van der Waals surface area contributed by atoms with Gasteiger partial charge < -0.3 is 5.11 Å². The first-order chi connectivity index (χ1) is 14.8. The number of phenolic OH excluding ortho intramolecular Hbond substituents is 1. The Morgan fingerprint density at radius 2 is 0.933 bits per heavy atom. The summed E-state index contributed by atoms with van der Waals surface area (Å²) in [5.41, 5.74) is 1.38. The van der Waals surface area contributed by atoms with Gasteiger partial charge in [0.2, 0.25) is 0 Å². The largest absolute Gasteiger partial charge is 0.508 e. The maximum atomic E-state index is 9.50. The average molecular weight is 417 g/mol. The fraction of sp³-hybridized carbons (Fsp3) is 0.793. The number of hydrogen-bond donors (Lipinski definition) is 1. The van der Waals surface area contributed by atoms with E-state index in [0.717, 1.165) is 5.92 Å². The number of hydrogen-bond acceptors (Lipinski definition) is 1. The van der Waals surface area contributed by atoms with E-state index in [2.05, 4.69) is 26.0 Å². The van der Waals surface area contributed by atoms with Gasteiger partial charge in [0.25, 0.3) is 0 Å². The number of rotatable bonds is 21. The van der Waals surface area contributed by atoms with Crippen LogP contribution in [0.1, 0.15) is 141 Å². The van der Waals surface area contributed by atoms with E-state index in [-0.39, 0.29) is 0 Å². The first kappa shape index (κ1) is 27.1. The summed E-state index contributed by atoms with van der Waals surface area (Å²) in [6, 6.07) is 7.86. The van der Waals surface area contributed by atoms with Crippen LogP contribution in [0.5, 0.6) is 5.75 Å². The predicted octanol–water partition coefficient (Wildman–Crippen LogP) is 10.0. The molecule has 0 aliphatic carbocycles. The quantitative estimate of drug-likeness (QED) is 0.198. The molecule has 174 valence electrons. The lowest BCUT2D eigenvalue weighted by atomic mass is 9.89. The second kappa shape index (κ2) is 20.0. The molecule has 0 fully saturated rings. The van der Waals surface area contributed by atoms with Crippen molar-refractivity contribution in [1.82, 2.24) is 0 Å². The molecule has 0 aliphatic rings. The Kier molecular flexibility index (Phi) is 18.0. The van der Waals surface area contributed by atoms with Crippen molar-refractivity contribution >= 4 is 0 Å². The number of benzene rings is 1. The maximum Gasteiger partial charge on any atom is 0.115 e. The molecule has 0 spiro atoms. The van der Waals surface area contributed by atoms with Gasteiger partial charge in [0.15, 0.2) is 0 Å². The van der Waals surface area contributed by atoms with Crippen LogP contribution < -0.4 is 0 Å². The first-order valence-corrected chi connectivity index (χ1v) is 13.5. The molecular formula is C29H52O. The summed E-state index contributed by atoms with van der Waals surface area (Å²) >= 11 is 0. The van der Waals surface area contributed by atoms with E-state index >= 15 is 0 Å². The van der Waals surface area contributed by atoms with Crippen molar-refractivity contribution in [2.24, 2.45) is 5.92 Å². The fourth-order valence-electron chi connectivity index (χ4n) is 4.60. The molecule has 0 bridgehead atoms. The zero-order valence-corrected chi connectivity index (χ0v) is 20.5. The fourth-order valence-corrected chi connectivity index (χ4v) is 4.60. The summed E-state index contributed by atoms with van der Waals surface area (Å²) < 4.78 is 0. The zero-order chi connectivity index (χ0) is 21.7. The maximum absolute atomic E-state index is 9.50. The minimum atomic E-state index is 0.383. The van der Waals surface area contributed by atoms with Crippen molar-refractivity contribution in [3.8, 4) is 5.75 Å². The average Bonchev–Trinajstić information content (AvgIpc) is 2.76. The van der Waals surface area contributed by atoms with Crippen LogP contribution in [-0.2, 0) is 6.42 Å². The van der Waals surface area contributed by atoms with Gasteiger partial charge in [0.05, 0.1) is 0 Å². The van der Waals surface area contributed by atoms with E-state index in [4.69, 9.17) is 0 Å². The van der Waals surface area contributed by atoms with Gasteiger partial charge in [-0.3, -0.25) is 0 Å². The highest BCUT2D eigenvalue weighted by Gasteiger charge is 2.09. The van der Waals surface area contributed by atoms with E-state index in [9.17, 15) is 5.11 Å². The Labute approximate surface area is 189 Å². The Hall–Kier alpha value is -0.980. The monoisotopic (exact) mass is 416 g/mol. The molecule has 0 unspecified atom stereocenters. The predicted molar refractivity (Wildman–Crippen MR) is 134 cm³/mol. The molecule has 1 nitrogen and oxygen atoms in total. The third-order valence-electron chi connectivity index (χ3n) is 6.71. The Morgan fingerprint density at radius 1 is 0.533 bits per heavy atom. The first-order valence-electron chi connectivity index (χ1n) is 13.5. The third kappa shape index (κ3) is 15.8. The van der Waals surface area contributed by atoms with Crippen LogP contribution in [0.15, 0.2) is 24.3 Å². The molecule has 1 aromatic rings. The van der Waals surface area contributed by atoms with E-state index < -0.39 is 0 Å². The number of phenols is 1. The van der Waals surface area contributed by atoms with Crippen molar-refractivity contribution in [3.63, 3.8) is 0 Å². The van der Waals surface area contributed by atoms with Gasteiger partial charge in [-0.25, -0.2) is 0 Å². The Balaban J connectivity index is 2.22. The van der Waals surface area contributed by atoms with Crippen molar-refractivity contribution in [2.45, 2.75) is 142 Å². The van der Waals surface area contributed by atoms with E-state index in [0.29, 0.717) is 5.75 Å². The minimum absolute atomic E-state index is 0.383. The molecule has 0 radical (unpaired) electrons. The van der Waals surface area contributed by atoms with E-state index in [1.807, 2.05) is 12.1 Å². The van der Waals surface area contributed by atoms with Crippen LogP contribution in [0.25, 0.3) is 0 Å². The minimum Gasteiger partial charge on any atom is -0.508 e. The second-order valence-electron chi connectivity index (χ2n) is 9.60. The summed E-state index contributed by atoms with van der Waals surface area (Å²) in [7, 11) is 0. The lowest BCUT2D eigenvalue weighted by Crippen LogP contribution is -2.03. The number of aryl methyl sites for hydroxylation is 1. The standard InChI is InChI=1S/C29H52O/c1-3-5-7-9-11-13-15-17-19-27(20-18-16-14-12-10-8-6-4-2)21-22-28-23-25-29(30)26-24-28/h23-27,30H,3-22H2,1-2H3. The van der Waals surface area contributed by atoms with Crippen LogP contribution in [0.2, 0.25) is 0 Å². The smallest absolute Gasteiger partial charge is 0.115 e. The number of aromatic hydroxyl groups is 1. The van der Waals surface area contributed by atoms with Gasteiger partial charge in [-0.15, -0.1) is 0 Å². The van der Waals surface area contributed by atoms with E-state index in [1.165, 1.54) is 134 Å². The molecule has 0 saturated heterocycles. The molecule has 0 aromatic heterocycles. The van der Waals surface area contributed by atoms with Crippen molar-refractivity contribution in [1.29, 1.82) is 0 Å². The molecule has 0 amide bonds. The van der Waals surface area contributed by atoms with Crippen molar-refractivity contribution < 1.29 is 5.11 Å². The zero-order valence-electron chi connectivity index (χ0n) is 20.5. The van der Waals surface area contributed by atoms with Crippen LogP contribution in [-0.4, -0.2) is 5.11 Å². The second-order valence-corrected chi connectivity index (χ2v) is 9.60. The van der Waals surface area contributed by atoms with Crippen LogP contribution in [0.3, 0.4) is 0 Å². The molecule has 0 saturated carbocycles. The lowest BCUT2D eigenvalue weighted by Gasteiger charge is -2.17. The van der Waals surface area contributed by atoms with Crippen LogP contribution in [0.4, 0.5) is 0 Å². The summed E-state index contributed by atoms with van der Waals surface area (Å²) in [6.45, 7) is 4.59. The van der Waals surface area contributed by atoms with Gasteiger partial charge >= 0.3 is 0 Å². The molecule has 1 rings (SSSR count). The van der Waals surface area contributed by atoms with Crippen LogP contribution >= 0.6 is 0 Å². The lowest BCUT2D eigenvalue weighted by molar-refractivity contribution is 0.380. The van der Waals surface area contributed by atoms with Crippen LogP contribution in [0, 0.1) is 5.92 Å². The molecule has 0 heterocycles. The summed E-state index contributed by atoms with van der Waals surface area (Å²) in [5, 5.41) is 9.50. The summed E-state index contributed by atoms with van der Waals surface area (Å²) in [5.74, 6) is 1.27.